The number of nitrogens with one attached hydrogen (secondary N) is 1. The van der Waals surface area contributed by atoms with Crippen molar-refractivity contribution in [3.05, 3.63) is 118 Å². The highest BCUT2D eigenvalue weighted by Crippen LogP contribution is 2.36. The number of alkyl halides is 3. The van der Waals surface area contributed by atoms with Gasteiger partial charge in [-0.05, 0) is 92.5 Å². The Morgan fingerprint density at radius 2 is 1.63 bits per heavy atom. The number of hydrogen-bond acceptors (Lipinski definition) is 6. The van der Waals surface area contributed by atoms with Gasteiger partial charge in [0.1, 0.15) is 6.10 Å². The molecule has 0 spiro atoms. The summed E-state index contributed by atoms with van der Waals surface area (Å²) in [6.45, 7) is 9.27. The van der Waals surface area contributed by atoms with Crippen molar-refractivity contribution >= 4 is 28.9 Å². The number of halogens is 3. The first-order valence-electron chi connectivity index (χ1n) is 17.4. The Hall–Kier alpha value is -4.87. The van der Waals surface area contributed by atoms with Crippen molar-refractivity contribution in [1.82, 2.24) is 9.80 Å². The molecular formula is C41H47F3N4O4. The van der Waals surface area contributed by atoms with Crippen molar-refractivity contribution in [2.45, 2.75) is 59.0 Å². The van der Waals surface area contributed by atoms with Crippen LogP contribution in [0.3, 0.4) is 0 Å². The lowest BCUT2D eigenvalue weighted by atomic mass is 9.98. The number of fused-ring (bicyclic) bond motifs is 1. The Kier molecular flexibility index (Phi) is 12.0. The second-order valence-corrected chi connectivity index (χ2v) is 13.9. The molecule has 52 heavy (non-hydrogen) atoms. The highest BCUT2D eigenvalue weighted by Gasteiger charge is 2.35. The number of anilines is 3. The summed E-state index contributed by atoms with van der Waals surface area (Å²) in [5, 5.41) is 12.9. The van der Waals surface area contributed by atoms with E-state index in [0.717, 1.165) is 29.1 Å². The van der Waals surface area contributed by atoms with Crippen LogP contribution in [0, 0.1) is 19.8 Å². The lowest BCUT2D eigenvalue weighted by molar-refractivity contribution is -0.137. The van der Waals surface area contributed by atoms with E-state index in [-0.39, 0.29) is 41.9 Å². The number of rotatable bonds is 11. The molecule has 0 unspecified atom stereocenters. The molecule has 0 radical (unpaired) electrons. The molecule has 11 heteroatoms. The molecule has 1 aliphatic rings. The van der Waals surface area contributed by atoms with Crippen LogP contribution in [0.25, 0.3) is 0 Å². The van der Waals surface area contributed by atoms with E-state index in [4.69, 9.17) is 4.74 Å². The summed E-state index contributed by atoms with van der Waals surface area (Å²) in [6.07, 6.45) is -5.06. The fourth-order valence-electron chi connectivity index (χ4n) is 6.50. The number of hydrogen-bond donors (Lipinski definition) is 2. The third-order valence-corrected chi connectivity index (χ3v) is 9.82. The standard InChI is InChI=1S/C41H47F3N4O4/c1-26-9-7-12-36(29(26)4)47(6)33-19-15-31(16-20-33)23-46(5)24-37-27(2)22-48(28(3)25-49)40(51)34-10-8-11-35(39(34)52-37)45-38(50)21-30-13-17-32(18-14-30)41(42,43)44/h7-20,27-28,37,49H,21-25H2,1-6H3,(H,45,50)/t27-,28+,37-/m1/s1. The van der Waals surface area contributed by atoms with Crippen molar-refractivity contribution < 1.29 is 32.6 Å². The molecule has 3 atom stereocenters. The van der Waals surface area contributed by atoms with E-state index in [2.05, 4.69) is 78.5 Å². The molecule has 276 valence electrons. The molecule has 0 saturated heterocycles. The van der Waals surface area contributed by atoms with Crippen LogP contribution in [0.4, 0.5) is 30.2 Å². The van der Waals surface area contributed by atoms with Crippen molar-refractivity contribution in [3.63, 3.8) is 0 Å². The second-order valence-electron chi connectivity index (χ2n) is 13.9. The van der Waals surface area contributed by atoms with Gasteiger partial charge in [0.2, 0.25) is 5.91 Å². The summed E-state index contributed by atoms with van der Waals surface area (Å²) in [4.78, 5) is 33.0. The molecule has 0 aromatic heterocycles. The number of ether oxygens (including phenoxy) is 1. The van der Waals surface area contributed by atoms with Gasteiger partial charge in [-0.1, -0.05) is 49.4 Å². The number of carbonyl (C=O) groups excluding carboxylic acids is 2. The average molecular weight is 717 g/mol. The molecule has 2 amide bonds. The predicted molar refractivity (Wildman–Crippen MR) is 198 cm³/mol. The molecule has 4 aromatic carbocycles. The highest BCUT2D eigenvalue weighted by atomic mass is 19.4. The van der Waals surface area contributed by atoms with Crippen molar-refractivity contribution in [1.29, 1.82) is 0 Å². The zero-order chi connectivity index (χ0) is 37.7. The van der Waals surface area contributed by atoms with Crippen molar-refractivity contribution in [3.8, 4) is 5.75 Å². The van der Waals surface area contributed by atoms with Gasteiger partial charge in [0.25, 0.3) is 5.91 Å². The van der Waals surface area contributed by atoms with Gasteiger partial charge in [0.05, 0.1) is 35.9 Å². The Morgan fingerprint density at radius 1 is 0.981 bits per heavy atom. The van der Waals surface area contributed by atoms with Gasteiger partial charge in [-0.25, -0.2) is 0 Å². The first kappa shape index (κ1) is 38.4. The zero-order valence-electron chi connectivity index (χ0n) is 30.5. The summed E-state index contributed by atoms with van der Waals surface area (Å²) in [5.74, 6) is -0.745. The summed E-state index contributed by atoms with van der Waals surface area (Å²) in [6, 6.07) is 23.6. The molecule has 0 bridgehead atoms. The SMILES string of the molecule is Cc1cccc(N(C)c2ccc(CN(C)C[C@H]3Oc4c(NC(=O)Cc5ccc(C(F)(F)F)cc5)cccc4C(=O)N([C@@H](C)CO)C[C@H]3C)cc2)c1C. The molecular weight excluding hydrogens is 669 g/mol. The highest BCUT2D eigenvalue weighted by molar-refractivity contribution is 6.02. The normalized spacial score (nSPS) is 16.8. The fraction of sp³-hybridized carbons (Fsp3) is 0.366. The minimum absolute atomic E-state index is 0.155. The van der Waals surface area contributed by atoms with E-state index in [0.29, 0.717) is 25.2 Å². The number of para-hydroxylation sites is 1. The van der Waals surface area contributed by atoms with Crippen molar-refractivity contribution in [2.75, 3.05) is 44.0 Å². The number of aliphatic hydroxyl groups is 1. The first-order chi connectivity index (χ1) is 24.7. The van der Waals surface area contributed by atoms with E-state index < -0.39 is 29.8 Å². The number of likely N-dealkylation sites (N-methyl/N-ethyl adjacent to an activating group) is 1. The van der Waals surface area contributed by atoms with Gasteiger partial charge >= 0.3 is 6.18 Å². The maximum Gasteiger partial charge on any atom is 0.416 e. The maximum absolute atomic E-state index is 13.9. The molecule has 0 aliphatic carbocycles. The minimum atomic E-state index is -4.48. The molecule has 1 heterocycles. The molecule has 8 nitrogen and oxygen atoms in total. The van der Waals surface area contributed by atoms with Gasteiger partial charge in [-0.3, -0.25) is 14.5 Å². The summed E-state index contributed by atoms with van der Waals surface area (Å²) in [5.41, 5.74) is 5.95. The summed E-state index contributed by atoms with van der Waals surface area (Å²) in [7, 11) is 4.06. The Bertz CT molecular complexity index is 1860. The third kappa shape index (κ3) is 8.94. The molecule has 0 fully saturated rings. The number of aryl methyl sites for hydroxylation is 1. The fourth-order valence-corrected chi connectivity index (χ4v) is 6.50. The average Bonchev–Trinajstić information content (AvgIpc) is 3.10. The minimum Gasteiger partial charge on any atom is -0.486 e. The first-order valence-corrected chi connectivity index (χ1v) is 17.4. The third-order valence-electron chi connectivity index (χ3n) is 9.82. The quantitative estimate of drug-likeness (QED) is 0.166. The predicted octanol–water partition coefficient (Wildman–Crippen LogP) is 7.62. The Morgan fingerprint density at radius 3 is 2.29 bits per heavy atom. The monoisotopic (exact) mass is 716 g/mol. The van der Waals surface area contributed by atoms with Crippen molar-refractivity contribution in [2.24, 2.45) is 5.92 Å². The van der Waals surface area contributed by atoms with E-state index in [1.54, 1.807) is 30.0 Å². The van der Waals surface area contributed by atoms with Crippen LogP contribution in [0.5, 0.6) is 5.75 Å². The molecule has 0 saturated carbocycles. The van der Waals surface area contributed by atoms with E-state index in [1.165, 1.54) is 23.3 Å². The maximum atomic E-state index is 13.9. The Labute approximate surface area is 303 Å². The van der Waals surface area contributed by atoms with Crippen LogP contribution >= 0.6 is 0 Å². The van der Waals surface area contributed by atoms with Crippen LogP contribution < -0.4 is 15.0 Å². The van der Waals surface area contributed by atoms with Gasteiger partial charge < -0.3 is 25.0 Å². The molecule has 2 N–H and O–H groups in total. The lowest BCUT2D eigenvalue weighted by Crippen LogP contribution is -2.49. The van der Waals surface area contributed by atoms with Gasteiger partial charge in [0.15, 0.2) is 5.75 Å². The number of carbonyl (C=O) groups is 2. The Balaban J connectivity index is 1.34. The van der Waals surface area contributed by atoms with E-state index in [1.807, 2.05) is 14.0 Å². The molecule has 4 aromatic rings. The number of aliphatic hydroxyl groups excluding tert-OH is 1. The smallest absolute Gasteiger partial charge is 0.416 e. The number of nitrogens with zero attached hydrogens (tertiary/aromatic N) is 3. The van der Waals surface area contributed by atoms with Gasteiger partial charge in [-0.2, -0.15) is 13.2 Å². The van der Waals surface area contributed by atoms with E-state index >= 15 is 0 Å². The number of amides is 2. The second kappa shape index (κ2) is 16.2. The summed E-state index contributed by atoms with van der Waals surface area (Å²) >= 11 is 0. The van der Waals surface area contributed by atoms with Gasteiger partial charge in [-0.15, -0.1) is 0 Å². The molecule has 5 rings (SSSR count). The zero-order valence-corrected chi connectivity index (χ0v) is 30.5. The van der Waals surface area contributed by atoms with Crippen LogP contribution in [-0.4, -0.2) is 72.7 Å². The van der Waals surface area contributed by atoms with Crippen LogP contribution in [0.2, 0.25) is 0 Å². The van der Waals surface area contributed by atoms with Crippen LogP contribution in [-0.2, 0) is 23.9 Å². The van der Waals surface area contributed by atoms with Crippen LogP contribution in [0.1, 0.15) is 52.0 Å². The topological polar surface area (TPSA) is 85.4 Å². The summed E-state index contributed by atoms with van der Waals surface area (Å²) < 4.78 is 45.8. The largest absolute Gasteiger partial charge is 0.486 e. The van der Waals surface area contributed by atoms with E-state index in [9.17, 15) is 27.9 Å². The lowest BCUT2D eigenvalue weighted by Gasteiger charge is -2.38. The number of benzene rings is 4. The molecule has 1 aliphatic heterocycles. The van der Waals surface area contributed by atoms with Crippen LogP contribution in [0.15, 0.2) is 84.9 Å². The van der Waals surface area contributed by atoms with Gasteiger partial charge in [0, 0.05) is 44.0 Å².